The molecule has 0 saturated carbocycles. The Bertz CT molecular complexity index is 1520. The second-order valence-corrected chi connectivity index (χ2v) is 16.1. The maximum atomic E-state index is 12.1. The van der Waals surface area contributed by atoms with E-state index in [1.165, 1.54) is 0 Å². The summed E-state index contributed by atoms with van der Waals surface area (Å²) in [5.41, 5.74) is 12.5. The molecule has 2 aromatic rings. The van der Waals surface area contributed by atoms with Gasteiger partial charge >= 0.3 is 19.3 Å². The molecule has 1 fully saturated rings. The minimum Gasteiger partial charge on any atom is -0.444 e. The fraction of sp³-hybridized carbons (Fsp3) is 0.556. The van der Waals surface area contributed by atoms with Gasteiger partial charge in [0, 0.05) is 26.2 Å². The quantitative estimate of drug-likeness (QED) is 0.236. The molecule has 0 aromatic carbocycles. The molecule has 274 valence electrons. The largest absolute Gasteiger partial charge is 0.490 e. The molecule has 0 aliphatic carbocycles. The number of carbonyl (C=O) groups excluding carboxylic acids is 2. The van der Waals surface area contributed by atoms with E-state index in [1.807, 2.05) is 106 Å². The molecule has 0 spiro atoms. The van der Waals surface area contributed by atoms with Crippen molar-refractivity contribution in [3.8, 4) is 0 Å². The average molecular weight is 758 g/mol. The number of ether oxygens (including phenoxy) is 2. The van der Waals surface area contributed by atoms with Crippen molar-refractivity contribution in [3.05, 3.63) is 64.3 Å². The molecule has 50 heavy (non-hydrogen) atoms. The molecule has 4 N–H and O–H groups in total. The molecular formula is C36H54BBrN6O6. The number of nitrogens with two attached hydrogens (primary N) is 2. The van der Waals surface area contributed by atoms with E-state index in [0.29, 0.717) is 37.8 Å². The van der Waals surface area contributed by atoms with E-state index in [4.69, 9.17) is 30.2 Å². The maximum Gasteiger partial charge on any atom is 0.490 e. The van der Waals surface area contributed by atoms with Gasteiger partial charge in [0.15, 0.2) is 0 Å². The van der Waals surface area contributed by atoms with Crippen molar-refractivity contribution in [2.75, 3.05) is 37.6 Å². The number of halogens is 1. The predicted molar refractivity (Wildman–Crippen MR) is 202 cm³/mol. The summed E-state index contributed by atoms with van der Waals surface area (Å²) < 4.78 is 23.6. The second kappa shape index (κ2) is 16.6. The van der Waals surface area contributed by atoms with Crippen LogP contribution in [0.25, 0.3) is 5.57 Å². The van der Waals surface area contributed by atoms with E-state index in [0.717, 1.165) is 34.2 Å². The molecule has 5 rings (SSSR count). The standard InChI is InChI=1S/C16H28BNO4.C15H21N3O2.C5H5BrN2/c1-14(2,3)20-13(19)18-10-8-12(9-11-18)17-21-15(4,5)16(6,7)22-17;1-15(2,3)20-14(19)18-9-7-11(8-10-18)12-5-4-6-13(16)17-12;6-4-2-1-3-5(7)8-4/h8H,9-11H2,1-7H3;4-7H,8-10H2,1-3H3,(H2,16,17);1-3H,(H2,7,8). The summed E-state index contributed by atoms with van der Waals surface area (Å²) in [6.45, 7) is 21.8. The molecule has 3 aliphatic rings. The average Bonchev–Trinajstić information content (AvgIpc) is 3.22. The fourth-order valence-corrected chi connectivity index (χ4v) is 5.19. The first-order chi connectivity index (χ1) is 23.0. The number of hydrogen-bond donors (Lipinski definition) is 2. The van der Waals surface area contributed by atoms with Crippen molar-refractivity contribution in [2.45, 2.75) is 104 Å². The van der Waals surface area contributed by atoms with Crippen LogP contribution in [-0.4, -0.2) is 87.7 Å². The van der Waals surface area contributed by atoms with Crippen LogP contribution in [-0.2, 0) is 18.8 Å². The summed E-state index contributed by atoms with van der Waals surface area (Å²) in [4.78, 5) is 35.6. The second-order valence-electron chi connectivity index (χ2n) is 15.3. The van der Waals surface area contributed by atoms with Gasteiger partial charge in [0.2, 0.25) is 0 Å². The normalized spacial score (nSPS) is 18.4. The topological polar surface area (TPSA) is 155 Å². The fourth-order valence-electron chi connectivity index (χ4n) is 4.83. The summed E-state index contributed by atoms with van der Waals surface area (Å²) in [5, 5.41) is 0. The summed E-state index contributed by atoms with van der Waals surface area (Å²) in [6, 6.07) is 11.0. The first-order valence-corrected chi connectivity index (χ1v) is 17.6. The van der Waals surface area contributed by atoms with E-state index < -0.39 is 11.2 Å². The molecule has 2 amide bonds. The van der Waals surface area contributed by atoms with Gasteiger partial charge in [-0.1, -0.05) is 24.3 Å². The van der Waals surface area contributed by atoms with Gasteiger partial charge in [-0.25, -0.2) is 19.6 Å². The van der Waals surface area contributed by atoms with Crippen molar-refractivity contribution >= 4 is 52.4 Å². The molecule has 0 radical (unpaired) electrons. The molecule has 3 aliphatic heterocycles. The Hall–Kier alpha value is -3.62. The van der Waals surface area contributed by atoms with Gasteiger partial charge in [-0.2, -0.15) is 0 Å². The van der Waals surface area contributed by atoms with E-state index in [1.54, 1.807) is 21.9 Å². The molecule has 2 aromatic heterocycles. The van der Waals surface area contributed by atoms with Crippen molar-refractivity contribution < 1.29 is 28.4 Å². The van der Waals surface area contributed by atoms with Gasteiger partial charge in [-0.3, -0.25) is 0 Å². The van der Waals surface area contributed by atoms with Crippen LogP contribution in [0.15, 0.2) is 58.6 Å². The Balaban J connectivity index is 0.000000223. The van der Waals surface area contributed by atoms with Crippen molar-refractivity contribution in [2.24, 2.45) is 0 Å². The Morgan fingerprint density at radius 3 is 1.64 bits per heavy atom. The number of carbonyl (C=O) groups is 2. The number of hydrogen-bond acceptors (Lipinski definition) is 10. The van der Waals surface area contributed by atoms with Crippen molar-refractivity contribution in [1.29, 1.82) is 0 Å². The zero-order valence-electron chi connectivity index (χ0n) is 31.2. The number of rotatable bonds is 2. The van der Waals surface area contributed by atoms with E-state index in [9.17, 15) is 9.59 Å². The molecule has 12 nitrogen and oxygen atoms in total. The van der Waals surface area contributed by atoms with Gasteiger partial charge in [-0.05, 0) is 133 Å². The molecule has 5 heterocycles. The first kappa shape index (κ1) is 40.8. The molecular weight excluding hydrogens is 703 g/mol. The highest BCUT2D eigenvalue weighted by Gasteiger charge is 2.52. The van der Waals surface area contributed by atoms with E-state index >= 15 is 0 Å². The minimum absolute atomic E-state index is 0.267. The van der Waals surface area contributed by atoms with Crippen LogP contribution in [0.4, 0.5) is 21.2 Å². The lowest BCUT2D eigenvalue weighted by Crippen LogP contribution is -2.41. The molecule has 1 saturated heterocycles. The molecule has 0 bridgehead atoms. The highest BCUT2D eigenvalue weighted by atomic mass is 79.9. The molecule has 0 unspecified atom stereocenters. The lowest BCUT2D eigenvalue weighted by molar-refractivity contribution is 0.00578. The third kappa shape index (κ3) is 12.6. The SMILES string of the molecule is CC(C)(C)OC(=O)N1CC=C(B2OC(C)(C)C(C)(C)O2)CC1.CC(C)(C)OC(=O)N1CC=C(c2cccc(N)n2)CC1.Nc1cccc(Br)n1. The number of aromatic nitrogens is 2. The van der Waals surface area contributed by atoms with Gasteiger partial charge in [-0.15, -0.1) is 0 Å². The third-order valence-corrected chi connectivity index (χ3v) is 8.59. The lowest BCUT2D eigenvalue weighted by Gasteiger charge is -2.32. The van der Waals surface area contributed by atoms with Crippen LogP contribution in [0.1, 0.15) is 87.8 Å². The Kier molecular flexibility index (Phi) is 13.6. The summed E-state index contributed by atoms with van der Waals surface area (Å²) in [7, 11) is -0.314. The first-order valence-electron chi connectivity index (χ1n) is 16.9. The van der Waals surface area contributed by atoms with Crippen molar-refractivity contribution in [3.63, 3.8) is 0 Å². The number of anilines is 2. The van der Waals surface area contributed by atoms with Crippen LogP contribution >= 0.6 is 15.9 Å². The highest BCUT2D eigenvalue weighted by molar-refractivity contribution is 9.10. The Labute approximate surface area is 306 Å². The van der Waals surface area contributed by atoms with Gasteiger partial charge in [0.1, 0.15) is 27.4 Å². The van der Waals surface area contributed by atoms with Gasteiger partial charge in [0.05, 0.1) is 16.9 Å². The van der Waals surface area contributed by atoms with E-state index in [2.05, 4.69) is 25.9 Å². The summed E-state index contributed by atoms with van der Waals surface area (Å²) in [5.74, 6) is 1.05. The number of nitrogens with zero attached hydrogens (tertiary/aromatic N) is 4. The van der Waals surface area contributed by atoms with Crippen LogP contribution in [0.5, 0.6) is 0 Å². The van der Waals surface area contributed by atoms with Crippen LogP contribution in [0, 0.1) is 0 Å². The highest BCUT2D eigenvalue weighted by Crippen LogP contribution is 2.39. The number of pyridine rings is 2. The number of nitrogen functional groups attached to an aromatic ring is 2. The lowest BCUT2D eigenvalue weighted by atomic mass is 9.75. The van der Waals surface area contributed by atoms with Gasteiger partial charge in [0.25, 0.3) is 0 Å². The van der Waals surface area contributed by atoms with Crippen LogP contribution in [0.2, 0.25) is 0 Å². The van der Waals surface area contributed by atoms with Gasteiger partial charge < -0.3 is 40.0 Å². The Morgan fingerprint density at radius 2 is 1.26 bits per heavy atom. The molecule has 14 heteroatoms. The van der Waals surface area contributed by atoms with Crippen LogP contribution < -0.4 is 11.5 Å². The van der Waals surface area contributed by atoms with E-state index in [-0.39, 0.29) is 30.5 Å². The monoisotopic (exact) mass is 756 g/mol. The van der Waals surface area contributed by atoms with Crippen molar-refractivity contribution in [1.82, 2.24) is 19.8 Å². The minimum atomic E-state index is -0.465. The Morgan fingerprint density at radius 1 is 0.780 bits per heavy atom. The predicted octanol–water partition coefficient (Wildman–Crippen LogP) is 7.30. The van der Waals surface area contributed by atoms with Crippen LogP contribution in [0.3, 0.4) is 0 Å². The maximum absolute atomic E-state index is 12.1. The zero-order valence-corrected chi connectivity index (χ0v) is 32.8. The molecule has 0 atom stereocenters. The number of amides is 2. The smallest absolute Gasteiger partial charge is 0.444 e. The zero-order chi connectivity index (χ0) is 37.5. The summed E-state index contributed by atoms with van der Waals surface area (Å²) >= 11 is 3.17. The summed E-state index contributed by atoms with van der Waals surface area (Å²) in [6.07, 6.45) is 5.00. The third-order valence-electron chi connectivity index (χ3n) is 8.15.